The SMILES string of the molecule is C[C@H](O)c1ccc([C@@H]([C@H](C)CO)N(Cc2ccccc2)Cc2ccccc2)cc1. The number of rotatable bonds is 9. The van der Waals surface area contributed by atoms with Crippen molar-refractivity contribution in [2.75, 3.05) is 6.61 Å². The number of benzene rings is 3. The Hall–Kier alpha value is -2.46. The summed E-state index contributed by atoms with van der Waals surface area (Å²) in [6, 6.07) is 29.1. The van der Waals surface area contributed by atoms with Crippen molar-refractivity contribution in [3.8, 4) is 0 Å². The van der Waals surface area contributed by atoms with Crippen LogP contribution in [0.1, 0.15) is 48.2 Å². The number of aliphatic hydroxyl groups is 2. The standard InChI is InChI=1S/C26H31NO2/c1-20(19-28)26(25-15-13-24(14-16-25)21(2)29)27(17-22-9-5-3-6-10-22)18-23-11-7-4-8-12-23/h3-16,20-21,26,28-29H,17-19H2,1-2H3/t20-,21+,26-/m1/s1. The van der Waals surface area contributed by atoms with Gasteiger partial charge in [0.1, 0.15) is 0 Å². The van der Waals surface area contributed by atoms with E-state index in [-0.39, 0.29) is 18.6 Å². The van der Waals surface area contributed by atoms with Crippen molar-refractivity contribution in [2.24, 2.45) is 5.92 Å². The molecule has 0 saturated carbocycles. The van der Waals surface area contributed by atoms with Crippen molar-refractivity contribution in [2.45, 2.75) is 39.1 Å². The van der Waals surface area contributed by atoms with Crippen LogP contribution in [0.15, 0.2) is 84.9 Å². The van der Waals surface area contributed by atoms with E-state index in [0.29, 0.717) is 0 Å². The van der Waals surface area contributed by atoms with Crippen molar-refractivity contribution >= 4 is 0 Å². The zero-order chi connectivity index (χ0) is 20.6. The van der Waals surface area contributed by atoms with Gasteiger partial charge in [0.05, 0.1) is 6.10 Å². The third-order valence-electron chi connectivity index (χ3n) is 5.44. The van der Waals surface area contributed by atoms with E-state index >= 15 is 0 Å². The molecule has 29 heavy (non-hydrogen) atoms. The largest absolute Gasteiger partial charge is 0.396 e. The Morgan fingerprint density at radius 2 is 1.14 bits per heavy atom. The van der Waals surface area contributed by atoms with Gasteiger partial charge < -0.3 is 10.2 Å². The Morgan fingerprint density at radius 3 is 1.55 bits per heavy atom. The molecule has 0 fully saturated rings. The minimum absolute atomic E-state index is 0.0588. The fourth-order valence-corrected chi connectivity index (χ4v) is 3.86. The van der Waals surface area contributed by atoms with Crippen LogP contribution in [0.4, 0.5) is 0 Å². The molecule has 0 aliphatic heterocycles. The zero-order valence-corrected chi connectivity index (χ0v) is 17.3. The minimum Gasteiger partial charge on any atom is -0.396 e. The lowest BCUT2D eigenvalue weighted by Gasteiger charge is -2.36. The average Bonchev–Trinajstić information content (AvgIpc) is 2.75. The lowest BCUT2D eigenvalue weighted by atomic mass is 9.91. The molecule has 3 aromatic carbocycles. The van der Waals surface area contributed by atoms with Gasteiger partial charge >= 0.3 is 0 Å². The molecule has 0 saturated heterocycles. The van der Waals surface area contributed by atoms with E-state index in [0.717, 1.165) is 24.2 Å². The molecule has 3 rings (SSSR count). The molecule has 0 aliphatic rings. The van der Waals surface area contributed by atoms with Crippen molar-refractivity contribution in [1.82, 2.24) is 4.90 Å². The van der Waals surface area contributed by atoms with Crippen LogP contribution in [0.2, 0.25) is 0 Å². The minimum atomic E-state index is -0.484. The first kappa shape index (κ1) is 21.3. The molecule has 0 bridgehead atoms. The van der Waals surface area contributed by atoms with Gasteiger partial charge in [-0.1, -0.05) is 91.9 Å². The van der Waals surface area contributed by atoms with Gasteiger partial charge in [0, 0.05) is 25.7 Å². The summed E-state index contributed by atoms with van der Waals surface area (Å²) in [5.41, 5.74) is 4.56. The highest BCUT2D eigenvalue weighted by Gasteiger charge is 2.26. The first-order chi connectivity index (χ1) is 14.1. The second-order valence-corrected chi connectivity index (χ2v) is 7.82. The summed E-state index contributed by atoms with van der Waals surface area (Å²) in [4.78, 5) is 2.43. The highest BCUT2D eigenvalue weighted by atomic mass is 16.3. The van der Waals surface area contributed by atoms with Crippen molar-refractivity contribution < 1.29 is 10.2 Å². The summed E-state index contributed by atoms with van der Waals surface area (Å²) >= 11 is 0. The molecular formula is C26H31NO2. The predicted molar refractivity (Wildman–Crippen MR) is 118 cm³/mol. The molecule has 3 nitrogen and oxygen atoms in total. The van der Waals surface area contributed by atoms with Gasteiger partial charge in [0.25, 0.3) is 0 Å². The van der Waals surface area contributed by atoms with Crippen LogP contribution in [0, 0.1) is 5.92 Å². The third-order valence-corrected chi connectivity index (χ3v) is 5.44. The van der Waals surface area contributed by atoms with Crippen LogP contribution in [-0.2, 0) is 13.1 Å². The maximum Gasteiger partial charge on any atom is 0.0761 e. The van der Waals surface area contributed by atoms with Crippen molar-refractivity contribution in [3.05, 3.63) is 107 Å². The Bertz CT molecular complexity index is 805. The second kappa shape index (κ2) is 10.4. The van der Waals surface area contributed by atoms with Gasteiger partial charge in [0.15, 0.2) is 0 Å². The molecular weight excluding hydrogens is 358 g/mol. The molecule has 3 atom stereocenters. The summed E-state index contributed by atoms with van der Waals surface area (Å²) in [5, 5.41) is 19.9. The zero-order valence-electron chi connectivity index (χ0n) is 17.3. The van der Waals surface area contributed by atoms with Crippen LogP contribution >= 0.6 is 0 Å². The van der Waals surface area contributed by atoms with E-state index in [9.17, 15) is 10.2 Å². The van der Waals surface area contributed by atoms with E-state index in [1.54, 1.807) is 6.92 Å². The number of aliphatic hydroxyl groups excluding tert-OH is 2. The number of hydrogen-bond donors (Lipinski definition) is 2. The highest BCUT2D eigenvalue weighted by Crippen LogP contribution is 2.32. The molecule has 2 N–H and O–H groups in total. The lowest BCUT2D eigenvalue weighted by molar-refractivity contribution is 0.0928. The van der Waals surface area contributed by atoms with Crippen molar-refractivity contribution in [1.29, 1.82) is 0 Å². The van der Waals surface area contributed by atoms with Gasteiger partial charge in [-0.15, -0.1) is 0 Å². The topological polar surface area (TPSA) is 43.7 Å². The van der Waals surface area contributed by atoms with E-state index in [4.69, 9.17) is 0 Å². The number of hydrogen-bond acceptors (Lipinski definition) is 3. The average molecular weight is 390 g/mol. The Balaban J connectivity index is 1.96. The predicted octanol–water partition coefficient (Wildman–Crippen LogP) is 5.11. The van der Waals surface area contributed by atoms with E-state index in [1.165, 1.54) is 11.1 Å². The molecule has 152 valence electrons. The molecule has 0 radical (unpaired) electrons. The normalized spacial score (nSPS) is 14.5. The van der Waals surface area contributed by atoms with Crippen LogP contribution in [-0.4, -0.2) is 21.7 Å². The maximum absolute atomic E-state index is 10.0. The van der Waals surface area contributed by atoms with Gasteiger partial charge in [-0.2, -0.15) is 0 Å². The Kier molecular flexibility index (Phi) is 7.59. The van der Waals surface area contributed by atoms with Crippen molar-refractivity contribution in [3.63, 3.8) is 0 Å². The van der Waals surface area contributed by atoms with Crippen LogP contribution in [0.25, 0.3) is 0 Å². The Labute approximate surface area is 174 Å². The monoisotopic (exact) mass is 389 g/mol. The van der Waals surface area contributed by atoms with Crippen LogP contribution in [0.5, 0.6) is 0 Å². The van der Waals surface area contributed by atoms with Gasteiger partial charge in [-0.3, -0.25) is 4.90 Å². The summed E-state index contributed by atoms with van der Waals surface area (Å²) < 4.78 is 0. The quantitative estimate of drug-likeness (QED) is 0.534. The molecule has 0 amide bonds. The first-order valence-corrected chi connectivity index (χ1v) is 10.3. The molecule has 0 aromatic heterocycles. The van der Waals surface area contributed by atoms with Gasteiger partial charge in [-0.25, -0.2) is 0 Å². The molecule has 0 aliphatic carbocycles. The maximum atomic E-state index is 10.0. The second-order valence-electron chi connectivity index (χ2n) is 7.82. The van der Waals surface area contributed by atoms with Gasteiger partial charge in [0.2, 0.25) is 0 Å². The van der Waals surface area contributed by atoms with Gasteiger partial charge in [-0.05, 0) is 35.1 Å². The van der Waals surface area contributed by atoms with Crippen LogP contribution in [0.3, 0.4) is 0 Å². The third kappa shape index (κ3) is 5.77. The van der Waals surface area contributed by atoms with E-state index in [2.05, 4.69) is 72.5 Å². The fourth-order valence-electron chi connectivity index (χ4n) is 3.86. The fraction of sp³-hybridized carbons (Fsp3) is 0.308. The summed E-state index contributed by atoms with van der Waals surface area (Å²) in [7, 11) is 0. The summed E-state index contributed by atoms with van der Waals surface area (Å²) in [5.74, 6) is 0.0693. The molecule has 0 heterocycles. The molecule has 0 unspecified atom stereocenters. The summed E-state index contributed by atoms with van der Waals surface area (Å²) in [6.45, 7) is 5.57. The Morgan fingerprint density at radius 1 is 0.690 bits per heavy atom. The first-order valence-electron chi connectivity index (χ1n) is 10.3. The smallest absolute Gasteiger partial charge is 0.0761 e. The molecule has 0 spiro atoms. The number of nitrogens with zero attached hydrogens (tertiary/aromatic N) is 1. The highest BCUT2D eigenvalue weighted by molar-refractivity contribution is 5.28. The van der Waals surface area contributed by atoms with E-state index < -0.39 is 6.10 Å². The van der Waals surface area contributed by atoms with Crippen LogP contribution < -0.4 is 0 Å². The van der Waals surface area contributed by atoms with E-state index in [1.807, 2.05) is 24.3 Å². The molecule has 3 heteroatoms. The lowest BCUT2D eigenvalue weighted by Crippen LogP contribution is -2.33. The summed E-state index contributed by atoms with van der Waals surface area (Å²) in [6.07, 6.45) is -0.484. The molecule has 3 aromatic rings.